The van der Waals surface area contributed by atoms with Gasteiger partial charge in [0, 0.05) is 31.9 Å². The number of nitrogens with one attached hydrogen (secondary N) is 2. The number of aromatic nitrogens is 3. The number of aromatic amines is 1. The molecule has 0 aliphatic carbocycles. The van der Waals surface area contributed by atoms with E-state index in [4.69, 9.17) is 0 Å². The molecule has 18 heavy (non-hydrogen) atoms. The first-order valence-corrected chi connectivity index (χ1v) is 7.93. The van der Waals surface area contributed by atoms with E-state index in [0.29, 0.717) is 17.8 Å². The van der Waals surface area contributed by atoms with Gasteiger partial charge in [-0.1, -0.05) is 0 Å². The lowest BCUT2D eigenvalue weighted by Gasteiger charge is -2.30. The van der Waals surface area contributed by atoms with E-state index < -0.39 is 15.1 Å². The van der Waals surface area contributed by atoms with Crippen LogP contribution in [0.25, 0.3) is 0 Å². The smallest absolute Gasteiger partial charge is 0.244 e. The Morgan fingerprint density at radius 2 is 2.22 bits per heavy atom. The summed E-state index contributed by atoms with van der Waals surface area (Å²) >= 11 is 0. The Morgan fingerprint density at radius 1 is 1.50 bits per heavy atom. The highest BCUT2D eigenvalue weighted by Gasteiger charge is 2.24. The van der Waals surface area contributed by atoms with Crippen LogP contribution >= 0.6 is 0 Å². The van der Waals surface area contributed by atoms with Gasteiger partial charge in [0.1, 0.15) is 11.1 Å². The first-order chi connectivity index (χ1) is 8.38. The zero-order chi connectivity index (χ0) is 13.3. The summed E-state index contributed by atoms with van der Waals surface area (Å²) in [5.74, 6) is 0.979. The van der Waals surface area contributed by atoms with Gasteiger partial charge in [-0.05, 0) is 13.8 Å². The molecule has 2 atom stereocenters. The van der Waals surface area contributed by atoms with Crippen molar-refractivity contribution < 1.29 is 8.42 Å². The number of rotatable bonds is 3. The molecule has 1 fully saturated rings. The zero-order valence-corrected chi connectivity index (χ0v) is 11.7. The van der Waals surface area contributed by atoms with Crippen molar-refractivity contribution in [3.8, 4) is 0 Å². The van der Waals surface area contributed by atoms with Gasteiger partial charge in [0.05, 0.1) is 0 Å². The third-order valence-corrected chi connectivity index (χ3v) is 4.68. The second-order valence-electron chi connectivity index (χ2n) is 4.79. The molecule has 1 aromatic heterocycles. The Bertz CT molecular complexity index is 512. The Morgan fingerprint density at radius 3 is 2.83 bits per heavy atom. The van der Waals surface area contributed by atoms with Gasteiger partial charge >= 0.3 is 0 Å². The fraction of sp³-hybridized carbons (Fsp3) is 0.800. The van der Waals surface area contributed by atoms with E-state index in [2.05, 4.69) is 32.3 Å². The molecular weight excluding hydrogens is 254 g/mol. The Balaban J connectivity index is 2.15. The minimum atomic E-state index is -3.15. The van der Waals surface area contributed by atoms with Gasteiger partial charge in [0.2, 0.25) is 5.95 Å². The van der Waals surface area contributed by atoms with Crippen molar-refractivity contribution in [1.82, 2.24) is 20.5 Å². The number of hydrogen-bond acceptors (Lipinski definition) is 6. The maximum atomic E-state index is 11.5. The fourth-order valence-electron chi connectivity index (χ4n) is 1.90. The second-order valence-corrected chi connectivity index (χ2v) is 7.16. The minimum Gasteiger partial charge on any atom is -0.337 e. The first-order valence-electron chi connectivity index (χ1n) is 5.97. The van der Waals surface area contributed by atoms with E-state index in [-0.39, 0.29) is 0 Å². The lowest BCUT2D eigenvalue weighted by atomic mass is 10.2. The summed E-state index contributed by atoms with van der Waals surface area (Å²) in [7, 11) is -3.15. The zero-order valence-electron chi connectivity index (χ0n) is 10.8. The number of nitrogens with zero attached hydrogens (tertiary/aromatic N) is 3. The van der Waals surface area contributed by atoms with Crippen molar-refractivity contribution >= 4 is 15.8 Å². The van der Waals surface area contributed by atoms with Crippen molar-refractivity contribution in [2.45, 2.75) is 25.1 Å². The molecule has 2 heterocycles. The fourth-order valence-corrected chi connectivity index (χ4v) is 2.42. The molecular formula is C10H19N5O2S. The molecule has 1 aliphatic rings. The summed E-state index contributed by atoms with van der Waals surface area (Å²) in [5, 5.41) is 9.51. The average molecular weight is 273 g/mol. The number of piperazine rings is 1. The molecule has 0 amide bonds. The largest absolute Gasteiger partial charge is 0.337 e. The van der Waals surface area contributed by atoms with Crippen molar-refractivity contribution in [3.05, 3.63) is 5.82 Å². The summed E-state index contributed by atoms with van der Waals surface area (Å²) < 4.78 is 22.9. The van der Waals surface area contributed by atoms with Gasteiger partial charge in [-0.25, -0.2) is 8.42 Å². The molecule has 2 N–H and O–H groups in total. The Hall–Kier alpha value is -1.15. The summed E-state index contributed by atoms with van der Waals surface area (Å²) in [5.41, 5.74) is 0. The molecule has 2 rings (SSSR count). The predicted octanol–water partition coefficient (Wildman–Crippen LogP) is -0.292. The van der Waals surface area contributed by atoms with Crippen molar-refractivity contribution in [2.24, 2.45) is 0 Å². The van der Waals surface area contributed by atoms with Crippen LogP contribution in [0.15, 0.2) is 0 Å². The Kier molecular flexibility index (Phi) is 3.58. The van der Waals surface area contributed by atoms with E-state index in [1.165, 1.54) is 6.26 Å². The molecule has 0 aromatic carbocycles. The van der Waals surface area contributed by atoms with E-state index in [0.717, 1.165) is 19.6 Å². The van der Waals surface area contributed by atoms with Crippen LogP contribution in [0.2, 0.25) is 0 Å². The molecule has 0 bridgehead atoms. The van der Waals surface area contributed by atoms with Gasteiger partial charge in [-0.3, -0.25) is 5.10 Å². The highest BCUT2D eigenvalue weighted by Crippen LogP contribution is 2.19. The normalized spacial score (nSPS) is 23.1. The molecule has 1 aliphatic heterocycles. The van der Waals surface area contributed by atoms with Gasteiger partial charge in [-0.15, -0.1) is 5.10 Å². The van der Waals surface area contributed by atoms with Crippen LogP contribution in [0.4, 0.5) is 5.95 Å². The number of anilines is 1. The van der Waals surface area contributed by atoms with Gasteiger partial charge in [0.25, 0.3) is 0 Å². The number of H-pyrrole nitrogens is 1. The summed E-state index contributed by atoms with van der Waals surface area (Å²) in [6, 6.07) is 0.382. The average Bonchev–Trinajstić information content (AvgIpc) is 2.75. The van der Waals surface area contributed by atoms with E-state index in [9.17, 15) is 8.42 Å². The van der Waals surface area contributed by atoms with Crippen LogP contribution in [0, 0.1) is 0 Å². The lowest BCUT2D eigenvalue weighted by Crippen LogP contribution is -2.49. The van der Waals surface area contributed by atoms with E-state index in [1.807, 2.05) is 0 Å². The van der Waals surface area contributed by atoms with Crippen LogP contribution in [0.5, 0.6) is 0 Å². The maximum absolute atomic E-state index is 11.5. The van der Waals surface area contributed by atoms with Crippen LogP contribution in [0.3, 0.4) is 0 Å². The van der Waals surface area contributed by atoms with Crippen LogP contribution in [-0.2, 0) is 9.84 Å². The third kappa shape index (κ3) is 2.81. The lowest BCUT2D eigenvalue weighted by molar-refractivity contribution is 0.479. The highest BCUT2D eigenvalue weighted by molar-refractivity contribution is 7.90. The molecule has 1 aromatic rings. The molecule has 0 radical (unpaired) electrons. The van der Waals surface area contributed by atoms with Gasteiger partial charge in [0.15, 0.2) is 9.84 Å². The summed E-state index contributed by atoms with van der Waals surface area (Å²) in [4.78, 5) is 6.34. The number of sulfone groups is 1. The SMILES string of the molecule is CC1CN(c2n[nH]c(C(C)S(C)(=O)=O)n2)CCN1. The monoisotopic (exact) mass is 273 g/mol. The van der Waals surface area contributed by atoms with E-state index >= 15 is 0 Å². The second kappa shape index (κ2) is 4.85. The summed E-state index contributed by atoms with van der Waals surface area (Å²) in [6.45, 7) is 6.24. The highest BCUT2D eigenvalue weighted by atomic mass is 32.2. The van der Waals surface area contributed by atoms with Crippen LogP contribution in [0.1, 0.15) is 24.9 Å². The van der Waals surface area contributed by atoms with E-state index in [1.54, 1.807) is 6.92 Å². The maximum Gasteiger partial charge on any atom is 0.244 e. The predicted molar refractivity (Wildman–Crippen MR) is 69.3 cm³/mol. The summed E-state index contributed by atoms with van der Waals surface area (Å²) in [6.07, 6.45) is 1.20. The quantitative estimate of drug-likeness (QED) is 0.786. The van der Waals surface area contributed by atoms with Crippen molar-refractivity contribution in [1.29, 1.82) is 0 Å². The molecule has 8 heteroatoms. The van der Waals surface area contributed by atoms with Crippen LogP contribution in [-0.4, -0.2) is 55.5 Å². The first kappa shape index (κ1) is 13.3. The van der Waals surface area contributed by atoms with Crippen LogP contribution < -0.4 is 10.2 Å². The van der Waals surface area contributed by atoms with Gasteiger partial charge < -0.3 is 10.2 Å². The minimum absolute atomic E-state index is 0.382. The molecule has 0 spiro atoms. The topological polar surface area (TPSA) is 91.0 Å². The van der Waals surface area contributed by atoms with Crippen molar-refractivity contribution in [2.75, 3.05) is 30.8 Å². The molecule has 0 saturated carbocycles. The molecule has 7 nitrogen and oxygen atoms in total. The molecule has 102 valence electrons. The Labute approximate surface area is 107 Å². The standard InChI is InChI=1S/C10H19N5O2S/c1-7-6-15(5-4-11-7)10-12-9(13-14-10)8(2)18(3,16)17/h7-8,11H,4-6H2,1-3H3,(H,12,13,14). The molecule has 1 saturated heterocycles. The molecule has 2 unspecified atom stereocenters. The third-order valence-electron chi connectivity index (χ3n) is 3.17. The van der Waals surface area contributed by atoms with Gasteiger partial charge in [-0.2, -0.15) is 4.98 Å². The van der Waals surface area contributed by atoms with Crippen molar-refractivity contribution in [3.63, 3.8) is 0 Å². The number of hydrogen-bond donors (Lipinski definition) is 2.